The molecule has 1 saturated heterocycles. The third-order valence-electron chi connectivity index (χ3n) is 6.00. The standard InChI is InChI=1S/C23H28N6O3/c1-16-9-11-25-28(16)13-10-21(30)27-12-3-4-17(15-27)22(31)20-14-26-29(23(20)24)18-5-7-19(32-2)8-6-18/h5-9,11,14,17H,3-4,10,12-13,15,24H2,1-2H3/t17-/m1/s1. The fourth-order valence-corrected chi connectivity index (χ4v) is 4.11. The lowest BCUT2D eigenvalue weighted by atomic mass is 9.90. The molecule has 3 heterocycles. The van der Waals surface area contributed by atoms with Crippen LogP contribution in [-0.2, 0) is 11.3 Å². The van der Waals surface area contributed by atoms with Gasteiger partial charge in [0.25, 0.3) is 0 Å². The summed E-state index contributed by atoms with van der Waals surface area (Å²) in [6, 6.07) is 9.20. The molecule has 1 atom stereocenters. The molecule has 1 aromatic carbocycles. The normalized spacial score (nSPS) is 16.2. The van der Waals surface area contributed by atoms with E-state index in [1.54, 1.807) is 22.9 Å². The average Bonchev–Trinajstić information content (AvgIpc) is 3.42. The van der Waals surface area contributed by atoms with Crippen molar-refractivity contribution in [2.75, 3.05) is 25.9 Å². The molecule has 32 heavy (non-hydrogen) atoms. The number of nitrogens with zero attached hydrogens (tertiary/aromatic N) is 5. The van der Waals surface area contributed by atoms with Crippen LogP contribution in [0.5, 0.6) is 5.75 Å². The van der Waals surface area contributed by atoms with Crippen LogP contribution in [0, 0.1) is 12.8 Å². The first-order valence-electron chi connectivity index (χ1n) is 10.8. The van der Waals surface area contributed by atoms with Gasteiger partial charge < -0.3 is 15.4 Å². The maximum atomic E-state index is 13.2. The summed E-state index contributed by atoms with van der Waals surface area (Å²) in [5, 5.41) is 8.54. The summed E-state index contributed by atoms with van der Waals surface area (Å²) in [6.07, 6.45) is 5.12. The number of hydrogen-bond acceptors (Lipinski definition) is 6. The second-order valence-electron chi connectivity index (χ2n) is 8.04. The van der Waals surface area contributed by atoms with Crippen molar-refractivity contribution in [1.29, 1.82) is 0 Å². The van der Waals surface area contributed by atoms with Crippen molar-refractivity contribution >= 4 is 17.5 Å². The van der Waals surface area contributed by atoms with Crippen molar-refractivity contribution < 1.29 is 14.3 Å². The number of nitrogens with two attached hydrogens (primary N) is 1. The molecule has 0 bridgehead atoms. The van der Waals surface area contributed by atoms with E-state index >= 15 is 0 Å². The summed E-state index contributed by atoms with van der Waals surface area (Å²) in [7, 11) is 1.60. The number of piperidine rings is 1. The van der Waals surface area contributed by atoms with Gasteiger partial charge in [0.15, 0.2) is 5.78 Å². The summed E-state index contributed by atoms with van der Waals surface area (Å²) in [6.45, 7) is 3.57. The highest BCUT2D eigenvalue weighted by molar-refractivity contribution is 6.02. The summed E-state index contributed by atoms with van der Waals surface area (Å²) >= 11 is 0. The van der Waals surface area contributed by atoms with E-state index in [1.165, 1.54) is 6.20 Å². The van der Waals surface area contributed by atoms with Gasteiger partial charge in [-0.15, -0.1) is 0 Å². The van der Waals surface area contributed by atoms with E-state index in [0.717, 1.165) is 30.0 Å². The predicted molar refractivity (Wildman–Crippen MR) is 120 cm³/mol. The molecular formula is C23H28N6O3. The quantitative estimate of drug-likeness (QED) is 0.570. The molecule has 0 aliphatic carbocycles. The number of carbonyl (C=O) groups excluding carboxylic acids is 2. The number of nitrogen functional groups attached to an aromatic ring is 1. The number of ketones is 1. The van der Waals surface area contributed by atoms with Crippen LogP contribution in [0.3, 0.4) is 0 Å². The first-order chi connectivity index (χ1) is 15.5. The lowest BCUT2D eigenvalue weighted by Gasteiger charge is -2.32. The van der Waals surface area contributed by atoms with Gasteiger partial charge >= 0.3 is 0 Å². The summed E-state index contributed by atoms with van der Waals surface area (Å²) in [5.74, 6) is 0.722. The van der Waals surface area contributed by atoms with Crippen molar-refractivity contribution in [2.45, 2.75) is 32.7 Å². The van der Waals surface area contributed by atoms with Crippen molar-refractivity contribution in [3.63, 3.8) is 0 Å². The van der Waals surface area contributed by atoms with Crippen LogP contribution in [0.2, 0.25) is 0 Å². The van der Waals surface area contributed by atoms with Crippen molar-refractivity contribution in [3.05, 3.63) is 54.0 Å². The second kappa shape index (κ2) is 9.25. The zero-order valence-corrected chi connectivity index (χ0v) is 18.4. The molecular weight excluding hydrogens is 408 g/mol. The number of hydrogen-bond donors (Lipinski definition) is 1. The lowest BCUT2D eigenvalue weighted by molar-refractivity contribution is -0.132. The van der Waals surface area contributed by atoms with Gasteiger partial charge in [0.2, 0.25) is 5.91 Å². The van der Waals surface area contributed by atoms with Gasteiger partial charge in [0.1, 0.15) is 11.6 Å². The number of aromatic nitrogens is 4. The minimum atomic E-state index is -0.282. The molecule has 0 unspecified atom stereocenters. The zero-order chi connectivity index (χ0) is 22.7. The van der Waals surface area contributed by atoms with E-state index in [-0.39, 0.29) is 17.6 Å². The van der Waals surface area contributed by atoms with Crippen LogP contribution < -0.4 is 10.5 Å². The maximum absolute atomic E-state index is 13.2. The van der Waals surface area contributed by atoms with Gasteiger partial charge in [-0.1, -0.05) is 0 Å². The van der Waals surface area contributed by atoms with Gasteiger partial charge in [-0.05, 0) is 50.1 Å². The smallest absolute Gasteiger partial charge is 0.224 e. The number of carbonyl (C=O) groups is 2. The Morgan fingerprint density at radius 3 is 2.66 bits per heavy atom. The van der Waals surface area contributed by atoms with E-state index in [2.05, 4.69) is 10.2 Å². The van der Waals surface area contributed by atoms with Gasteiger partial charge in [-0.25, -0.2) is 4.68 Å². The molecule has 1 aliphatic heterocycles. The molecule has 9 nitrogen and oxygen atoms in total. The zero-order valence-electron chi connectivity index (χ0n) is 18.4. The van der Waals surface area contributed by atoms with Crippen LogP contribution in [0.4, 0.5) is 5.82 Å². The van der Waals surface area contributed by atoms with Gasteiger partial charge in [0.05, 0.1) is 24.6 Å². The summed E-state index contributed by atoms with van der Waals surface area (Å²) in [4.78, 5) is 27.7. The largest absolute Gasteiger partial charge is 0.497 e. The van der Waals surface area contributed by atoms with Crippen molar-refractivity contribution in [1.82, 2.24) is 24.5 Å². The molecule has 0 radical (unpaired) electrons. The van der Waals surface area contributed by atoms with Crippen molar-refractivity contribution in [3.8, 4) is 11.4 Å². The van der Waals surface area contributed by atoms with E-state index in [0.29, 0.717) is 37.4 Å². The second-order valence-corrected chi connectivity index (χ2v) is 8.04. The number of Topliss-reactive ketones (excluding diaryl/α,β-unsaturated/α-hetero) is 1. The third-order valence-corrected chi connectivity index (χ3v) is 6.00. The molecule has 2 N–H and O–H groups in total. The summed E-state index contributed by atoms with van der Waals surface area (Å²) < 4.78 is 8.54. The highest BCUT2D eigenvalue weighted by Gasteiger charge is 2.31. The Hall–Kier alpha value is -3.62. The highest BCUT2D eigenvalue weighted by Crippen LogP contribution is 2.26. The minimum Gasteiger partial charge on any atom is -0.497 e. The van der Waals surface area contributed by atoms with E-state index in [4.69, 9.17) is 10.5 Å². The number of anilines is 1. The van der Waals surface area contributed by atoms with Crippen LogP contribution >= 0.6 is 0 Å². The van der Waals surface area contributed by atoms with Gasteiger partial charge in [-0.3, -0.25) is 14.3 Å². The topological polar surface area (TPSA) is 108 Å². The third kappa shape index (κ3) is 4.37. The predicted octanol–water partition coefficient (Wildman–Crippen LogP) is 2.48. The lowest BCUT2D eigenvalue weighted by Crippen LogP contribution is -2.42. The minimum absolute atomic E-state index is 0.0410. The number of ether oxygens (including phenoxy) is 1. The fourth-order valence-electron chi connectivity index (χ4n) is 4.11. The van der Waals surface area contributed by atoms with Crippen LogP contribution in [0.15, 0.2) is 42.7 Å². The molecule has 2 aromatic heterocycles. The molecule has 4 rings (SSSR count). The molecule has 0 saturated carbocycles. The van der Waals surface area contributed by atoms with Gasteiger partial charge in [-0.2, -0.15) is 10.2 Å². The molecule has 9 heteroatoms. The number of benzene rings is 1. The number of methoxy groups -OCH3 is 1. The van der Waals surface area contributed by atoms with Crippen LogP contribution in [0.1, 0.15) is 35.3 Å². The molecule has 1 aliphatic rings. The average molecular weight is 437 g/mol. The van der Waals surface area contributed by atoms with Gasteiger partial charge in [0, 0.05) is 43.9 Å². The molecule has 168 valence electrons. The Morgan fingerprint density at radius 1 is 1.19 bits per heavy atom. The number of likely N-dealkylation sites (tertiary alicyclic amines) is 1. The molecule has 1 fully saturated rings. The van der Waals surface area contributed by atoms with E-state index in [1.807, 2.05) is 41.9 Å². The van der Waals surface area contributed by atoms with Crippen LogP contribution in [0.25, 0.3) is 5.69 Å². The number of rotatable bonds is 7. The maximum Gasteiger partial charge on any atom is 0.224 e. The molecule has 1 amide bonds. The fraction of sp³-hybridized carbons (Fsp3) is 0.391. The monoisotopic (exact) mass is 436 g/mol. The van der Waals surface area contributed by atoms with Crippen molar-refractivity contribution in [2.24, 2.45) is 5.92 Å². The molecule has 3 aromatic rings. The molecule has 0 spiro atoms. The first-order valence-corrected chi connectivity index (χ1v) is 10.8. The first kappa shape index (κ1) is 21.6. The Kier molecular flexibility index (Phi) is 6.25. The number of amides is 1. The Balaban J connectivity index is 1.42. The van der Waals surface area contributed by atoms with E-state index in [9.17, 15) is 9.59 Å². The Bertz CT molecular complexity index is 1100. The SMILES string of the molecule is COc1ccc(-n2ncc(C(=O)[C@@H]3CCCN(C(=O)CCn4nccc4C)C3)c2N)cc1. The van der Waals surface area contributed by atoms with E-state index < -0.39 is 0 Å². The Morgan fingerprint density at radius 2 is 1.97 bits per heavy atom. The summed E-state index contributed by atoms with van der Waals surface area (Å²) in [5.41, 5.74) is 8.45. The Labute approximate surface area is 186 Å². The number of aryl methyl sites for hydroxylation is 2. The van der Waals surface area contributed by atoms with Crippen LogP contribution in [-0.4, -0.2) is 56.4 Å². The highest BCUT2D eigenvalue weighted by atomic mass is 16.5.